The van der Waals surface area contributed by atoms with Gasteiger partial charge in [0.05, 0.1) is 0 Å². The summed E-state index contributed by atoms with van der Waals surface area (Å²) in [5, 5.41) is 0. The first kappa shape index (κ1) is 84.2. The first-order valence-electron chi connectivity index (χ1n) is 40.7. The Morgan fingerprint density at radius 1 is 0.235 bits per heavy atom. The lowest BCUT2D eigenvalue weighted by Gasteiger charge is -2.62. The lowest BCUT2D eigenvalue weighted by molar-refractivity contribution is -0.214. The molecule has 0 saturated heterocycles. The molecule has 0 amide bonds. The van der Waals surface area contributed by atoms with Gasteiger partial charge in [0.1, 0.15) is 5.60 Å². The molecule has 0 aromatic carbocycles. The maximum Gasteiger partial charge on any atom is 0.330 e. The Hall–Kier alpha value is -0.790. The fourth-order valence-corrected chi connectivity index (χ4v) is 16.0. The van der Waals surface area contributed by atoms with Crippen LogP contribution in [0.1, 0.15) is 498 Å². The van der Waals surface area contributed by atoms with Crippen LogP contribution >= 0.6 is 0 Å². The summed E-state index contributed by atoms with van der Waals surface area (Å²) in [6.07, 6.45) is 97.0. The van der Waals surface area contributed by atoms with Crippen LogP contribution in [0.3, 0.4) is 0 Å². The van der Waals surface area contributed by atoms with Gasteiger partial charge in [0.15, 0.2) is 0 Å². The Balaban J connectivity index is 8.07. The zero-order chi connectivity index (χ0) is 62.0. The third-order valence-electron chi connectivity index (χ3n) is 21.4. The summed E-state index contributed by atoms with van der Waals surface area (Å²) in [6, 6.07) is 0. The highest BCUT2D eigenvalue weighted by molar-refractivity contribution is 5.81. The summed E-state index contributed by atoms with van der Waals surface area (Å²) in [6.45, 7) is 20.8. The molecule has 0 fully saturated rings. The SMILES string of the molecule is C=CC(=O)OC(CCCCCCCCCC)(CCCCCCCCCC)C(CCCCCCCCCC)(CCCCCCCCCC)C(CCCCCCCCCC)(CCCCCCCCCC)CCCCCCCCCCCCCCCCC. The molecule has 0 rings (SSSR count). The number of rotatable bonds is 74. The third-order valence-corrected chi connectivity index (χ3v) is 21.4. The Morgan fingerprint density at radius 2 is 0.388 bits per heavy atom. The molecule has 0 aromatic heterocycles. The summed E-state index contributed by atoms with van der Waals surface area (Å²) in [5.41, 5.74) is -0.331. The molecule has 0 radical (unpaired) electrons. The molecule has 0 spiro atoms. The normalized spacial score (nSPS) is 12.3. The molecule has 0 saturated carbocycles. The standard InChI is InChI=1S/C83H164O2/c1-9-17-24-31-38-45-46-47-48-49-50-51-54-61-68-75-81(73-66-59-52-39-32-25-18-10-2,74-67-60-53-40-33-26-19-11-3)82(76-69-62-55-41-34-27-20-12-4,77-70-63-56-42-35-28-21-13-5)83(85-80(84)16-8,78-71-64-57-43-36-29-22-14-6)79-72-65-58-44-37-30-23-15-7/h16H,8-15,17-79H2,1-7H3. The average Bonchev–Trinajstić information content (AvgIpc) is 1.53. The lowest BCUT2D eigenvalue weighted by atomic mass is 9.45. The average molecular weight is 1190 g/mol. The maximum absolute atomic E-state index is 14.9. The van der Waals surface area contributed by atoms with Gasteiger partial charge in [-0.05, 0) is 63.2 Å². The fraction of sp³-hybridized carbons (Fsp3) is 0.964. The second-order valence-corrected chi connectivity index (χ2v) is 29.0. The number of carbonyl (C=O) groups excluding carboxylic acids is 1. The van der Waals surface area contributed by atoms with Crippen LogP contribution in [0.2, 0.25) is 0 Å². The van der Waals surface area contributed by atoms with Crippen LogP contribution in [0.4, 0.5) is 0 Å². The zero-order valence-electron chi connectivity index (χ0n) is 60.6. The van der Waals surface area contributed by atoms with Crippen molar-refractivity contribution in [2.75, 3.05) is 0 Å². The van der Waals surface area contributed by atoms with Gasteiger partial charge in [0, 0.05) is 11.5 Å². The van der Waals surface area contributed by atoms with E-state index in [-0.39, 0.29) is 16.8 Å². The van der Waals surface area contributed by atoms with Crippen LogP contribution in [0, 0.1) is 10.8 Å². The predicted molar refractivity (Wildman–Crippen MR) is 387 cm³/mol. The van der Waals surface area contributed by atoms with Crippen LogP contribution in [-0.2, 0) is 9.53 Å². The predicted octanol–water partition coefficient (Wildman–Crippen LogP) is 30.9. The van der Waals surface area contributed by atoms with Gasteiger partial charge in [0.25, 0.3) is 0 Å². The van der Waals surface area contributed by atoms with E-state index in [2.05, 4.69) is 55.0 Å². The Morgan fingerprint density at radius 3 is 0.565 bits per heavy atom. The summed E-state index contributed by atoms with van der Waals surface area (Å²) >= 11 is 0. The van der Waals surface area contributed by atoms with Gasteiger partial charge in [-0.25, -0.2) is 4.79 Å². The molecule has 0 bridgehead atoms. The molecule has 0 aromatic rings. The van der Waals surface area contributed by atoms with Gasteiger partial charge >= 0.3 is 5.97 Å². The molecule has 0 aliphatic heterocycles. The first-order chi connectivity index (χ1) is 41.9. The van der Waals surface area contributed by atoms with E-state index < -0.39 is 5.60 Å². The number of hydrogen-bond acceptors (Lipinski definition) is 2. The van der Waals surface area contributed by atoms with Gasteiger partial charge in [0.2, 0.25) is 0 Å². The van der Waals surface area contributed by atoms with Crippen molar-refractivity contribution in [1.29, 1.82) is 0 Å². The second-order valence-electron chi connectivity index (χ2n) is 29.0. The molecule has 0 aliphatic rings. The molecular weight excluding hydrogens is 1030 g/mol. The smallest absolute Gasteiger partial charge is 0.330 e. The number of unbranched alkanes of at least 4 members (excludes halogenated alkanes) is 56. The van der Waals surface area contributed by atoms with Crippen molar-refractivity contribution in [3.05, 3.63) is 12.7 Å². The molecule has 0 atom stereocenters. The van der Waals surface area contributed by atoms with E-state index in [1.54, 1.807) is 6.08 Å². The van der Waals surface area contributed by atoms with Crippen LogP contribution < -0.4 is 0 Å². The van der Waals surface area contributed by atoms with E-state index in [4.69, 9.17) is 4.74 Å². The van der Waals surface area contributed by atoms with Crippen molar-refractivity contribution >= 4 is 5.97 Å². The van der Waals surface area contributed by atoms with E-state index in [1.165, 1.54) is 437 Å². The van der Waals surface area contributed by atoms with Gasteiger partial charge in [-0.15, -0.1) is 0 Å². The summed E-state index contributed by atoms with van der Waals surface area (Å²) in [7, 11) is 0. The Kier molecular flexibility index (Phi) is 65.5. The number of esters is 1. The Labute approximate surface area is 539 Å². The van der Waals surface area contributed by atoms with Crippen molar-refractivity contribution in [2.45, 2.75) is 504 Å². The molecular formula is C83H164O2. The maximum atomic E-state index is 14.9. The topological polar surface area (TPSA) is 26.3 Å². The van der Waals surface area contributed by atoms with Crippen LogP contribution in [-0.4, -0.2) is 11.6 Å². The van der Waals surface area contributed by atoms with Gasteiger partial charge in [-0.2, -0.15) is 0 Å². The third kappa shape index (κ3) is 46.9. The molecule has 2 nitrogen and oxygen atoms in total. The molecule has 0 heterocycles. The largest absolute Gasteiger partial charge is 0.455 e. The molecule has 2 heteroatoms. The molecule has 85 heavy (non-hydrogen) atoms. The van der Waals surface area contributed by atoms with Crippen LogP contribution in [0.15, 0.2) is 12.7 Å². The van der Waals surface area contributed by atoms with Crippen molar-refractivity contribution in [3.8, 4) is 0 Å². The first-order valence-corrected chi connectivity index (χ1v) is 40.7. The number of carbonyl (C=O) groups is 1. The summed E-state index contributed by atoms with van der Waals surface area (Å²) in [4.78, 5) is 14.9. The fourth-order valence-electron chi connectivity index (χ4n) is 16.0. The van der Waals surface area contributed by atoms with Gasteiger partial charge < -0.3 is 4.74 Å². The van der Waals surface area contributed by atoms with Gasteiger partial charge in [-0.3, -0.25) is 0 Å². The van der Waals surface area contributed by atoms with E-state index in [9.17, 15) is 4.79 Å². The number of hydrogen-bond donors (Lipinski definition) is 0. The van der Waals surface area contributed by atoms with Gasteiger partial charge in [-0.1, -0.05) is 447 Å². The van der Waals surface area contributed by atoms with E-state index in [0.29, 0.717) is 0 Å². The van der Waals surface area contributed by atoms with E-state index in [0.717, 1.165) is 12.8 Å². The molecule has 0 aliphatic carbocycles. The van der Waals surface area contributed by atoms with Crippen molar-refractivity contribution in [3.63, 3.8) is 0 Å². The zero-order valence-corrected chi connectivity index (χ0v) is 60.6. The second kappa shape index (κ2) is 66.1. The van der Waals surface area contributed by atoms with Crippen LogP contribution in [0.25, 0.3) is 0 Å². The summed E-state index contributed by atoms with van der Waals surface area (Å²) < 4.78 is 7.76. The minimum absolute atomic E-state index is 0.0381. The van der Waals surface area contributed by atoms with Crippen molar-refractivity contribution in [1.82, 2.24) is 0 Å². The molecule has 0 unspecified atom stereocenters. The number of ether oxygens (including phenoxy) is 1. The van der Waals surface area contributed by atoms with E-state index >= 15 is 0 Å². The highest BCUT2D eigenvalue weighted by Crippen LogP contribution is 2.65. The van der Waals surface area contributed by atoms with Crippen molar-refractivity contribution in [2.24, 2.45) is 10.8 Å². The quantitative estimate of drug-likeness (QED) is 0.0345. The van der Waals surface area contributed by atoms with E-state index in [1.807, 2.05) is 0 Å². The van der Waals surface area contributed by atoms with Crippen molar-refractivity contribution < 1.29 is 9.53 Å². The highest BCUT2D eigenvalue weighted by Gasteiger charge is 2.62. The lowest BCUT2D eigenvalue weighted by Crippen LogP contribution is -2.60. The molecule has 508 valence electrons. The monoisotopic (exact) mass is 1190 g/mol. The highest BCUT2D eigenvalue weighted by atomic mass is 16.6. The van der Waals surface area contributed by atoms with Crippen LogP contribution in [0.5, 0.6) is 0 Å². The molecule has 0 N–H and O–H groups in total. The summed E-state index contributed by atoms with van der Waals surface area (Å²) in [5.74, 6) is -0.101. The minimum atomic E-state index is -0.458. The Bertz CT molecular complexity index is 1240. The minimum Gasteiger partial charge on any atom is -0.455 e.